The van der Waals surface area contributed by atoms with Gasteiger partial charge in [0.2, 0.25) is 5.91 Å². The van der Waals surface area contributed by atoms with Gasteiger partial charge in [-0.05, 0) is 48.9 Å². The summed E-state index contributed by atoms with van der Waals surface area (Å²) in [5.74, 6) is -0.223. The van der Waals surface area contributed by atoms with Gasteiger partial charge in [-0.15, -0.1) is 0 Å². The van der Waals surface area contributed by atoms with Crippen molar-refractivity contribution in [2.24, 2.45) is 0 Å². The van der Waals surface area contributed by atoms with E-state index < -0.39 is 0 Å². The summed E-state index contributed by atoms with van der Waals surface area (Å²) in [6.45, 7) is 1.96. The molecular weight excluding hydrogens is 370 g/mol. The van der Waals surface area contributed by atoms with E-state index in [-0.39, 0.29) is 17.9 Å². The molecule has 6 heteroatoms. The Hall–Kier alpha value is -2.60. The van der Waals surface area contributed by atoms with Gasteiger partial charge in [-0.1, -0.05) is 28.1 Å². The van der Waals surface area contributed by atoms with Crippen molar-refractivity contribution in [3.05, 3.63) is 80.7 Å². The second-order valence-electron chi connectivity index (χ2n) is 5.51. The Bertz CT molecular complexity index is 926. The highest BCUT2D eigenvalue weighted by molar-refractivity contribution is 9.10. The van der Waals surface area contributed by atoms with Crippen molar-refractivity contribution in [3.8, 4) is 5.69 Å². The number of anilines is 1. The van der Waals surface area contributed by atoms with E-state index in [2.05, 4.69) is 26.3 Å². The van der Waals surface area contributed by atoms with E-state index in [0.29, 0.717) is 11.3 Å². The fourth-order valence-electron chi connectivity index (χ4n) is 2.42. The lowest BCUT2D eigenvalue weighted by Gasteiger charge is -2.04. The number of nitrogens with zero attached hydrogens (tertiary/aromatic N) is 1. The van der Waals surface area contributed by atoms with Crippen LogP contribution in [0.3, 0.4) is 0 Å². The smallest absolute Gasteiger partial charge is 0.274 e. The van der Waals surface area contributed by atoms with Crippen LogP contribution >= 0.6 is 15.9 Å². The molecule has 2 aromatic carbocycles. The van der Waals surface area contributed by atoms with Crippen LogP contribution in [0.15, 0.2) is 64.0 Å². The van der Waals surface area contributed by atoms with Crippen LogP contribution in [-0.2, 0) is 11.2 Å². The zero-order valence-electron chi connectivity index (χ0n) is 13.0. The van der Waals surface area contributed by atoms with Crippen molar-refractivity contribution in [3.63, 3.8) is 0 Å². The second kappa shape index (κ2) is 6.88. The van der Waals surface area contributed by atoms with Crippen LogP contribution in [0.4, 0.5) is 5.69 Å². The number of aromatic nitrogens is 2. The summed E-state index contributed by atoms with van der Waals surface area (Å²) in [7, 11) is 0. The van der Waals surface area contributed by atoms with Gasteiger partial charge in [0.25, 0.3) is 5.56 Å². The highest BCUT2D eigenvalue weighted by atomic mass is 79.9. The minimum absolute atomic E-state index is 0.0206. The largest absolute Gasteiger partial charge is 0.326 e. The van der Waals surface area contributed by atoms with Crippen molar-refractivity contribution in [2.45, 2.75) is 13.3 Å². The molecule has 5 nitrogen and oxygen atoms in total. The van der Waals surface area contributed by atoms with Gasteiger partial charge in [0.05, 0.1) is 12.1 Å². The first kappa shape index (κ1) is 16.3. The number of carbonyl (C=O) groups excluding carboxylic acids is 1. The molecule has 122 valence electrons. The SMILES string of the molecule is Cc1cccc(NC(=O)Cc2c[nH]n(-c3ccc(Br)cc3)c2=O)c1. The van der Waals surface area contributed by atoms with Gasteiger partial charge in [-0.25, -0.2) is 4.68 Å². The van der Waals surface area contributed by atoms with Gasteiger partial charge in [0.15, 0.2) is 0 Å². The molecule has 0 unspecified atom stereocenters. The number of hydrogen-bond donors (Lipinski definition) is 2. The normalized spacial score (nSPS) is 10.6. The van der Waals surface area contributed by atoms with Crippen LogP contribution < -0.4 is 10.9 Å². The highest BCUT2D eigenvalue weighted by Crippen LogP contribution is 2.13. The Labute approximate surface area is 147 Å². The number of nitrogens with one attached hydrogen (secondary N) is 2. The Morgan fingerprint density at radius 3 is 2.67 bits per heavy atom. The van der Waals surface area contributed by atoms with Crippen molar-refractivity contribution in [2.75, 3.05) is 5.32 Å². The van der Waals surface area contributed by atoms with Gasteiger partial charge in [0.1, 0.15) is 0 Å². The predicted octanol–water partition coefficient (Wildman–Crippen LogP) is 3.42. The molecule has 0 bridgehead atoms. The molecule has 24 heavy (non-hydrogen) atoms. The summed E-state index contributed by atoms with van der Waals surface area (Å²) in [6, 6.07) is 14.9. The van der Waals surface area contributed by atoms with Crippen molar-refractivity contribution in [1.82, 2.24) is 9.78 Å². The second-order valence-corrected chi connectivity index (χ2v) is 6.43. The number of benzene rings is 2. The minimum atomic E-state index is -0.225. The van der Waals surface area contributed by atoms with Crippen molar-refractivity contribution in [1.29, 1.82) is 0 Å². The third-order valence-electron chi connectivity index (χ3n) is 3.58. The molecule has 0 radical (unpaired) electrons. The zero-order chi connectivity index (χ0) is 17.1. The molecule has 3 rings (SSSR count). The number of amides is 1. The fourth-order valence-corrected chi connectivity index (χ4v) is 2.68. The number of rotatable bonds is 4. The standard InChI is InChI=1S/C18H16BrN3O2/c1-12-3-2-4-15(9-12)21-17(23)10-13-11-20-22(18(13)24)16-7-5-14(19)6-8-16/h2-9,11,20H,10H2,1H3,(H,21,23). The van der Waals surface area contributed by atoms with Crippen LogP contribution in [0, 0.1) is 6.92 Å². The van der Waals surface area contributed by atoms with Crippen LogP contribution in [0.25, 0.3) is 5.69 Å². The number of aryl methyl sites for hydroxylation is 1. The van der Waals surface area contributed by atoms with E-state index >= 15 is 0 Å². The molecule has 0 aliphatic rings. The molecule has 1 aromatic heterocycles. The molecule has 2 N–H and O–H groups in total. The van der Waals surface area contributed by atoms with E-state index in [0.717, 1.165) is 15.7 Å². The maximum atomic E-state index is 12.4. The number of H-pyrrole nitrogens is 1. The molecule has 0 aliphatic carbocycles. The van der Waals surface area contributed by atoms with E-state index in [4.69, 9.17) is 0 Å². The first-order valence-corrected chi connectivity index (χ1v) is 8.24. The monoisotopic (exact) mass is 385 g/mol. The average molecular weight is 386 g/mol. The first-order chi connectivity index (χ1) is 11.5. The number of carbonyl (C=O) groups is 1. The van der Waals surface area contributed by atoms with Gasteiger partial charge in [-0.2, -0.15) is 0 Å². The van der Waals surface area contributed by atoms with Crippen molar-refractivity contribution >= 4 is 27.5 Å². The quantitative estimate of drug-likeness (QED) is 0.722. The minimum Gasteiger partial charge on any atom is -0.326 e. The maximum absolute atomic E-state index is 12.4. The van der Waals surface area contributed by atoms with Crippen LogP contribution in [-0.4, -0.2) is 15.7 Å². The lowest BCUT2D eigenvalue weighted by Crippen LogP contribution is -2.22. The van der Waals surface area contributed by atoms with Crippen LogP contribution in [0.5, 0.6) is 0 Å². The molecule has 1 heterocycles. The lowest BCUT2D eigenvalue weighted by molar-refractivity contribution is -0.115. The average Bonchev–Trinajstić information content (AvgIpc) is 2.89. The summed E-state index contributed by atoms with van der Waals surface area (Å²) in [6.07, 6.45) is 1.59. The molecule has 0 saturated heterocycles. The van der Waals surface area contributed by atoms with Gasteiger partial charge < -0.3 is 5.32 Å². The molecule has 0 atom stereocenters. The highest BCUT2D eigenvalue weighted by Gasteiger charge is 2.12. The summed E-state index contributed by atoms with van der Waals surface area (Å²) in [5.41, 5.74) is 2.70. The third kappa shape index (κ3) is 3.65. The van der Waals surface area contributed by atoms with Crippen LogP contribution in [0.1, 0.15) is 11.1 Å². The zero-order valence-corrected chi connectivity index (χ0v) is 14.6. The summed E-state index contributed by atoms with van der Waals surface area (Å²) in [5, 5.41) is 5.70. The van der Waals surface area contributed by atoms with Crippen LogP contribution in [0.2, 0.25) is 0 Å². The molecule has 0 spiro atoms. The first-order valence-electron chi connectivity index (χ1n) is 7.45. The summed E-state index contributed by atoms with van der Waals surface area (Å²) >= 11 is 3.36. The molecule has 1 amide bonds. The van der Waals surface area contributed by atoms with E-state index in [1.165, 1.54) is 4.68 Å². The van der Waals surface area contributed by atoms with E-state index in [1.807, 2.05) is 55.5 Å². The molecule has 0 fully saturated rings. The van der Waals surface area contributed by atoms with Gasteiger partial charge >= 0.3 is 0 Å². The lowest BCUT2D eigenvalue weighted by atomic mass is 10.2. The number of aromatic amines is 1. The number of halogens is 1. The van der Waals surface area contributed by atoms with Gasteiger partial charge in [-0.3, -0.25) is 14.7 Å². The molecule has 3 aromatic rings. The van der Waals surface area contributed by atoms with Gasteiger partial charge in [0, 0.05) is 21.9 Å². The summed E-state index contributed by atoms with van der Waals surface area (Å²) in [4.78, 5) is 24.6. The molecular formula is C18H16BrN3O2. The Kier molecular flexibility index (Phi) is 4.66. The van der Waals surface area contributed by atoms with E-state index in [9.17, 15) is 9.59 Å². The van der Waals surface area contributed by atoms with E-state index in [1.54, 1.807) is 6.20 Å². The Morgan fingerprint density at radius 1 is 1.21 bits per heavy atom. The molecule has 0 aliphatic heterocycles. The number of hydrogen-bond acceptors (Lipinski definition) is 2. The fraction of sp³-hybridized carbons (Fsp3) is 0.111. The topological polar surface area (TPSA) is 66.9 Å². The maximum Gasteiger partial charge on any atom is 0.274 e. The molecule has 0 saturated carbocycles. The Morgan fingerprint density at radius 2 is 1.96 bits per heavy atom. The predicted molar refractivity (Wildman–Crippen MR) is 97.6 cm³/mol. The summed E-state index contributed by atoms with van der Waals surface area (Å²) < 4.78 is 2.35. The van der Waals surface area contributed by atoms with Crippen molar-refractivity contribution < 1.29 is 4.79 Å². The Balaban J connectivity index is 1.75. The third-order valence-corrected chi connectivity index (χ3v) is 4.11.